The number of aromatic nitrogens is 1. The van der Waals surface area contributed by atoms with Crippen LogP contribution in [-0.2, 0) is 21.3 Å². The van der Waals surface area contributed by atoms with E-state index < -0.39 is 16.0 Å². The summed E-state index contributed by atoms with van der Waals surface area (Å²) in [7, 11) is -2.57. The normalized spacial score (nSPS) is 12.5. The van der Waals surface area contributed by atoms with E-state index in [9.17, 15) is 13.2 Å². The molecule has 26 heavy (non-hydrogen) atoms. The standard InChI is InChI=1S/C17H15ClN2O4S2/c1-3-20-14-9-4-11(16(21)24-2)10-15(14)25-17(20)19-26(22,23)13-7-5-12(18)6-8-13/h4-10H,3H2,1-2H3/b19-17-. The van der Waals surface area contributed by atoms with Gasteiger partial charge in [-0.05, 0) is 49.4 Å². The predicted octanol–water partition coefficient (Wildman–Crippen LogP) is 3.45. The maximum atomic E-state index is 12.6. The lowest BCUT2D eigenvalue weighted by molar-refractivity contribution is 0.0601. The molecule has 0 saturated heterocycles. The molecule has 6 nitrogen and oxygen atoms in total. The molecule has 136 valence electrons. The summed E-state index contributed by atoms with van der Waals surface area (Å²) in [4.78, 5) is 12.1. The van der Waals surface area contributed by atoms with Crippen molar-refractivity contribution in [2.45, 2.75) is 18.4 Å². The highest BCUT2D eigenvalue weighted by Crippen LogP contribution is 2.21. The number of thiazole rings is 1. The van der Waals surface area contributed by atoms with E-state index in [0.29, 0.717) is 21.9 Å². The molecule has 0 aliphatic rings. The first-order valence-corrected chi connectivity index (χ1v) is 10.3. The van der Waals surface area contributed by atoms with E-state index in [2.05, 4.69) is 4.40 Å². The number of esters is 1. The summed E-state index contributed by atoms with van der Waals surface area (Å²) in [6.45, 7) is 2.43. The van der Waals surface area contributed by atoms with Gasteiger partial charge in [0.15, 0.2) is 0 Å². The van der Waals surface area contributed by atoms with Crippen molar-refractivity contribution in [3.8, 4) is 0 Å². The minimum atomic E-state index is -3.88. The van der Waals surface area contributed by atoms with Gasteiger partial charge >= 0.3 is 5.97 Å². The molecule has 0 saturated carbocycles. The molecule has 0 spiro atoms. The van der Waals surface area contributed by atoms with Crippen LogP contribution in [0.2, 0.25) is 5.02 Å². The number of carbonyl (C=O) groups is 1. The van der Waals surface area contributed by atoms with Crippen molar-refractivity contribution >= 4 is 49.1 Å². The topological polar surface area (TPSA) is 77.7 Å². The molecule has 0 unspecified atom stereocenters. The van der Waals surface area contributed by atoms with Crippen molar-refractivity contribution in [1.82, 2.24) is 4.57 Å². The Morgan fingerprint density at radius 1 is 1.23 bits per heavy atom. The van der Waals surface area contributed by atoms with Gasteiger partial charge in [0.05, 0.1) is 27.8 Å². The quantitative estimate of drug-likeness (QED) is 0.617. The minimum Gasteiger partial charge on any atom is -0.465 e. The Hall–Kier alpha value is -2.16. The van der Waals surface area contributed by atoms with Crippen LogP contribution in [0.5, 0.6) is 0 Å². The molecule has 0 fully saturated rings. The highest BCUT2D eigenvalue weighted by Gasteiger charge is 2.15. The number of benzene rings is 2. The lowest BCUT2D eigenvalue weighted by Gasteiger charge is -2.02. The summed E-state index contributed by atoms with van der Waals surface area (Å²) >= 11 is 7.01. The summed E-state index contributed by atoms with van der Waals surface area (Å²) in [5.74, 6) is -0.448. The van der Waals surface area contributed by atoms with E-state index in [-0.39, 0.29) is 4.90 Å². The molecule has 0 amide bonds. The van der Waals surface area contributed by atoms with Crippen LogP contribution in [0.1, 0.15) is 17.3 Å². The van der Waals surface area contributed by atoms with Crippen LogP contribution in [0.25, 0.3) is 10.2 Å². The van der Waals surface area contributed by atoms with Gasteiger partial charge in [0.25, 0.3) is 10.0 Å². The summed E-state index contributed by atoms with van der Waals surface area (Å²) in [5.41, 5.74) is 1.20. The first kappa shape index (κ1) is 18.6. The van der Waals surface area contributed by atoms with Gasteiger partial charge in [0.1, 0.15) is 0 Å². The summed E-state index contributed by atoms with van der Waals surface area (Å²) < 4.78 is 36.4. The monoisotopic (exact) mass is 410 g/mol. The number of hydrogen-bond donors (Lipinski definition) is 0. The molecule has 2 aromatic carbocycles. The summed E-state index contributed by atoms with van der Waals surface area (Å²) in [6, 6.07) is 10.9. The molecule has 0 atom stereocenters. The Morgan fingerprint density at radius 2 is 1.92 bits per heavy atom. The SMILES string of the molecule is CCn1/c(=N/S(=O)(=O)c2ccc(Cl)cc2)sc2cc(C(=O)OC)ccc21. The third kappa shape index (κ3) is 3.53. The van der Waals surface area contributed by atoms with Gasteiger partial charge in [-0.3, -0.25) is 0 Å². The molecular formula is C17H15ClN2O4S2. The van der Waals surface area contributed by atoms with E-state index in [1.165, 1.54) is 42.7 Å². The largest absolute Gasteiger partial charge is 0.465 e. The Bertz CT molecular complexity index is 1150. The van der Waals surface area contributed by atoms with Crippen LogP contribution in [-0.4, -0.2) is 26.1 Å². The van der Waals surface area contributed by atoms with E-state index in [0.717, 1.165) is 10.2 Å². The van der Waals surface area contributed by atoms with Gasteiger partial charge in [0, 0.05) is 11.6 Å². The van der Waals surface area contributed by atoms with Crippen molar-refractivity contribution in [2.75, 3.05) is 7.11 Å². The van der Waals surface area contributed by atoms with Crippen molar-refractivity contribution in [3.05, 3.63) is 57.9 Å². The zero-order chi connectivity index (χ0) is 18.9. The number of halogens is 1. The van der Waals surface area contributed by atoms with Gasteiger partial charge in [-0.1, -0.05) is 22.9 Å². The second-order valence-corrected chi connectivity index (χ2v) is 8.37. The second-order valence-electron chi connectivity index (χ2n) is 5.32. The number of rotatable bonds is 4. The molecule has 3 rings (SSSR count). The minimum absolute atomic E-state index is 0.0669. The van der Waals surface area contributed by atoms with Crippen LogP contribution < -0.4 is 4.80 Å². The average Bonchev–Trinajstić information content (AvgIpc) is 2.96. The highest BCUT2D eigenvalue weighted by molar-refractivity contribution is 7.90. The summed E-state index contributed by atoms with van der Waals surface area (Å²) in [6.07, 6.45) is 0. The van der Waals surface area contributed by atoms with Gasteiger partial charge in [0.2, 0.25) is 4.80 Å². The Balaban J connectivity index is 2.18. The number of sulfonamides is 1. The zero-order valence-electron chi connectivity index (χ0n) is 14.0. The number of methoxy groups -OCH3 is 1. The molecule has 0 bridgehead atoms. The number of nitrogens with zero attached hydrogens (tertiary/aromatic N) is 2. The Labute approximate surface area is 159 Å². The molecule has 0 aliphatic carbocycles. The first-order valence-electron chi connectivity index (χ1n) is 7.64. The average molecular weight is 411 g/mol. The number of ether oxygens (including phenoxy) is 1. The van der Waals surface area contributed by atoms with Crippen LogP contribution >= 0.6 is 22.9 Å². The number of hydrogen-bond acceptors (Lipinski definition) is 5. The van der Waals surface area contributed by atoms with Gasteiger partial charge in [-0.15, -0.1) is 4.40 Å². The van der Waals surface area contributed by atoms with Crippen molar-refractivity contribution in [2.24, 2.45) is 4.40 Å². The molecular weight excluding hydrogens is 396 g/mol. The summed E-state index contributed by atoms with van der Waals surface area (Å²) in [5, 5.41) is 0.449. The van der Waals surface area contributed by atoms with Gasteiger partial charge < -0.3 is 9.30 Å². The van der Waals surface area contributed by atoms with Crippen LogP contribution in [0.3, 0.4) is 0 Å². The fourth-order valence-corrected chi connectivity index (χ4v) is 4.92. The first-order chi connectivity index (χ1) is 12.4. The third-order valence-corrected chi connectivity index (χ3v) is 6.42. The van der Waals surface area contributed by atoms with Gasteiger partial charge in [-0.2, -0.15) is 8.42 Å². The fourth-order valence-electron chi connectivity index (χ4n) is 2.46. The van der Waals surface area contributed by atoms with Crippen molar-refractivity contribution in [1.29, 1.82) is 0 Å². The number of carbonyl (C=O) groups excluding carboxylic acids is 1. The van der Waals surface area contributed by atoms with E-state index in [1.807, 2.05) is 6.92 Å². The van der Waals surface area contributed by atoms with Crippen LogP contribution in [0.4, 0.5) is 0 Å². The molecule has 0 aliphatic heterocycles. The van der Waals surface area contributed by atoms with Gasteiger partial charge in [-0.25, -0.2) is 4.79 Å². The highest BCUT2D eigenvalue weighted by atomic mass is 35.5. The van der Waals surface area contributed by atoms with Crippen molar-refractivity contribution < 1.29 is 17.9 Å². The lowest BCUT2D eigenvalue weighted by atomic mass is 10.2. The zero-order valence-corrected chi connectivity index (χ0v) is 16.4. The maximum Gasteiger partial charge on any atom is 0.337 e. The van der Waals surface area contributed by atoms with E-state index in [4.69, 9.17) is 16.3 Å². The second kappa shape index (κ2) is 7.22. The van der Waals surface area contributed by atoms with E-state index in [1.54, 1.807) is 22.8 Å². The third-order valence-electron chi connectivity index (χ3n) is 3.73. The Kier molecular flexibility index (Phi) is 5.17. The number of fused-ring (bicyclic) bond motifs is 1. The Morgan fingerprint density at radius 3 is 2.54 bits per heavy atom. The smallest absolute Gasteiger partial charge is 0.337 e. The molecule has 1 heterocycles. The molecule has 9 heteroatoms. The van der Waals surface area contributed by atoms with E-state index >= 15 is 0 Å². The fraction of sp³-hybridized carbons (Fsp3) is 0.176. The molecule has 0 radical (unpaired) electrons. The lowest BCUT2D eigenvalue weighted by Crippen LogP contribution is -2.16. The molecule has 1 aromatic heterocycles. The van der Waals surface area contributed by atoms with Crippen LogP contribution in [0.15, 0.2) is 51.8 Å². The van der Waals surface area contributed by atoms with Crippen LogP contribution in [0, 0.1) is 0 Å². The predicted molar refractivity (Wildman–Crippen MR) is 101 cm³/mol. The number of aryl methyl sites for hydroxylation is 1. The maximum absolute atomic E-state index is 12.6. The molecule has 3 aromatic rings. The van der Waals surface area contributed by atoms with Crippen molar-refractivity contribution in [3.63, 3.8) is 0 Å². The molecule has 0 N–H and O–H groups in total.